The summed E-state index contributed by atoms with van der Waals surface area (Å²) in [7, 11) is 1.80. The van der Waals surface area contributed by atoms with E-state index in [9.17, 15) is 0 Å². The molecule has 5 nitrogen and oxygen atoms in total. The lowest BCUT2D eigenvalue weighted by molar-refractivity contribution is 0.769. The van der Waals surface area contributed by atoms with Gasteiger partial charge in [0.2, 0.25) is 0 Å². The van der Waals surface area contributed by atoms with E-state index in [1.807, 2.05) is 0 Å². The summed E-state index contributed by atoms with van der Waals surface area (Å²) in [4.78, 5) is 14.8. The van der Waals surface area contributed by atoms with E-state index in [1.54, 1.807) is 29.7 Å². The van der Waals surface area contributed by atoms with Crippen LogP contribution in [0.1, 0.15) is 46.0 Å². The summed E-state index contributed by atoms with van der Waals surface area (Å²) in [6, 6.07) is 0. The van der Waals surface area contributed by atoms with Crippen LogP contribution >= 0.6 is 46.7 Å². The second kappa shape index (κ2) is 11.1. The molecule has 0 aromatic carbocycles. The minimum absolute atomic E-state index is 0. The third kappa shape index (κ3) is 7.18. The lowest BCUT2D eigenvalue weighted by Crippen LogP contribution is -2.39. The van der Waals surface area contributed by atoms with Gasteiger partial charge in [0.25, 0.3) is 0 Å². The second-order valence-electron chi connectivity index (χ2n) is 6.01. The Balaban J connectivity index is 0.00000312. The Hall–Kier alpha value is -0.740. The number of nitrogens with one attached hydrogen (secondary N) is 2. The average Bonchev–Trinajstić information content (AvgIpc) is 3.13. The molecule has 0 fully saturated rings. The molecule has 2 N–H and O–H groups in total. The highest BCUT2D eigenvalue weighted by Gasteiger charge is 2.06. The Kier molecular flexibility index (Phi) is 9.88. The third-order valence-electron chi connectivity index (χ3n) is 3.66. The smallest absolute Gasteiger partial charge is 0.191 e. The van der Waals surface area contributed by atoms with E-state index in [1.165, 1.54) is 14.9 Å². The van der Waals surface area contributed by atoms with E-state index in [4.69, 9.17) is 0 Å². The van der Waals surface area contributed by atoms with Gasteiger partial charge >= 0.3 is 0 Å². The molecule has 0 amide bonds. The molecule has 2 aromatic rings. The van der Waals surface area contributed by atoms with E-state index in [-0.39, 0.29) is 24.0 Å². The van der Waals surface area contributed by atoms with Crippen LogP contribution in [0.5, 0.6) is 0 Å². The van der Waals surface area contributed by atoms with Gasteiger partial charge in [0.15, 0.2) is 5.96 Å². The minimum atomic E-state index is 0. The highest BCUT2D eigenvalue weighted by Crippen LogP contribution is 2.19. The predicted molar refractivity (Wildman–Crippen MR) is 120 cm³/mol. The number of hydrogen-bond donors (Lipinski definition) is 2. The molecule has 2 aromatic heterocycles. The normalized spacial score (nSPS) is 11.5. The molecule has 0 bridgehead atoms. The largest absolute Gasteiger partial charge is 0.356 e. The Morgan fingerprint density at radius 2 is 1.84 bits per heavy atom. The van der Waals surface area contributed by atoms with Crippen molar-refractivity contribution >= 4 is 52.6 Å². The summed E-state index contributed by atoms with van der Waals surface area (Å²) in [6.45, 7) is 10.2. The maximum Gasteiger partial charge on any atom is 0.191 e. The van der Waals surface area contributed by atoms with Crippen LogP contribution in [-0.4, -0.2) is 36.1 Å². The fourth-order valence-electron chi connectivity index (χ4n) is 2.17. The Morgan fingerprint density at radius 1 is 1.16 bits per heavy atom. The Labute approximate surface area is 175 Å². The van der Waals surface area contributed by atoms with Crippen LogP contribution in [0.15, 0.2) is 10.4 Å². The van der Waals surface area contributed by atoms with Gasteiger partial charge < -0.3 is 10.6 Å². The van der Waals surface area contributed by atoms with Crippen molar-refractivity contribution in [2.75, 3.05) is 20.1 Å². The van der Waals surface area contributed by atoms with E-state index in [0.29, 0.717) is 5.92 Å². The first-order valence-electron chi connectivity index (χ1n) is 8.31. The number of aryl methyl sites for hydroxylation is 2. The lowest BCUT2D eigenvalue weighted by Gasteiger charge is -2.10. The monoisotopic (exact) mass is 493 g/mol. The minimum Gasteiger partial charge on any atom is -0.356 e. The molecule has 25 heavy (non-hydrogen) atoms. The Bertz CT molecular complexity index is 659. The number of thiazole rings is 2. The van der Waals surface area contributed by atoms with Crippen LogP contribution < -0.4 is 10.6 Å². The van der Waals surface area contributed by atoms with Gasteiger partial charge in [-0.15, -0.1) is 46.7 Å². The van der Waals surface area contributed by atoms with Crippen molar-refractivity contribution in [2.24, 2.45) is 4.99 Å². The highest BCUT2D eigenvalue weighted by atomic mass is 127. The number of nitrogens with zero attached hydrogens (tertiary/aromatic N) is 3. The van der Waals surface area contributed by atoms with Gasteiger partial charge in [0.1, 0.15) is 0 Å². The molecule has 0 aliphatic heterocycles. The third-order valence-corrected chi connectivity index (χ3v) is 5.99. The van der Waals surface area contributed by atoms with Gasteiger partial charge in [-0.2, -0.15) is 0 Å². The molecule has 0 aliphatic carbocycles. The van der Waals surface area contributed by atoms with E-state index < -0.39 is 0 Å². The van der Waals surface area contributed by atoms with Crippen LogP contribution in [0.2, 0.25) is 0 Å². The number of aromatic nitrogens is 2. The molecule has 2 rings (SSSR count). The number of halogens is 1. The molecule has 0 atom stereocenters. The maximum atomic E-state index is 4.66. The summed E-state index contributed by atoms with van der Waals surface area (Å²) in [5.41, 5.74) is 2.29. The van der Waals surface area contributed by atoms with Gasteiger partial charge in [0, 0.05) is 49.2 Å². The van der Waals surface area contributed by atoms with Crippen molar-refractivity contribution in [1.29, 1.82) is 0 Å². The molecule has 140 valence electrons. The SMILES string of the molecule is CN=C(NCCc1csc(C(C)C)n1)NCCc1nc(C)c(C)s1.I. The molecular formula is C17H28IN5S2. The van der Waals surface area contributed by atoms with Gasteiger partial charge in [-0.05, 0) is 13.8 Å². The summed E-state index contributed by atoms with van der Waals surface area (Å²) in [6.07, 6.45) is 1.83. The lowest BCUT2D eigenvalue weighted by atomic mass is 10.2. The summed E-state index contributed by atoms with van der Waals surface area (Å²) < 4.78 is 0. The standard InChI is InChI=1S/C17H27N5S2.HI/c1-11(2)16-22-14(10-23-16)6-8-19-17(18-5)20-9-7-15-21-12(3)13(4)24-15;/h10-11H,6-9H2,1-5H3,(H2,18,19,20);1H. The molecule has 2 heterocycles. The zero-order valence-corrected chi connectivity index (χ0v) is 19.5. The quantitative estimate of drug-likeness (QED) is 0.349. The Morgan fingerprint density at radius 3 is 2.36 bits per heavy atom. The molecule has 8 heteroatoms. The number of guanidine groups is 1. The summed E-state index contributed by atoms with van der Waals surface area (Å²) >= 11 is 3.52. The first-order valence-corrected chi connectivity index (χ1v) is 10.0. The van der Waals surface area contributed by atoms with Gasteiger partial charge in [-0.3, -0.25) is 4.99 Å². The topological polar surface area (TPSA) is 62.2 Å². The molecular weight excluding hydrogens is 465 g/mol. The average molecular weight is 493 g/mol. The predicted octanol–water partition coefficient (Wildman–Crippen LogP) is 3.91. The van der Waals surface area contributed by atoms with Crippen molar-refractivity contribution in [3.63, 3.8) is 0 Å². The molecule has 0 radical (unpaired) electrons. The molecule has 0 saturated carbocycles. The van der Waals surface area contributed by atoms with E-state index in [0.717, 1.165) is 43.3 Å². The zero-order valence-electron chi connectivity index (χ0n) is 15.5. The van der Waals surface area contributed by atoms with Crippen molar-refractivity contribution in [1.82, 2.24) is 20.6 Å². The van der Waals surface area contributed by atoms with E-state index in [2.05, 4.69) is 58.7 Å². The maximum absolute atomic E-state index is 4.66. The van der Waals surface area contributed by atoms with Crippen LogP contribution in [0.3, 0.4) is 0 Å². The van der Waals surface area contributed by atoms with Crippen LogP contribution in [0.25, 0.3) is 0 Å². The first-order chi connectivity index (χ1) is 11.5. The first kappa shape index (κ1) is 22.3. The van der Waals surface area contributed by atoms with E-state index >= 15 is 0 Å². The summed E-state index contributed by atoms with van der Waals surface area (Å²) in [5, 5.41) is 11.2. The van der Waals surface area contributed by atoms with Crippen molar-refractivity contribution < 1.29 is 0 Å². The number of rotatable bonds is 7. The zero-order chi connectivity index (χ0) is 17.5. The van der Waals surface area contributed by atoms with Gasteiger partial charge in [0.05, 0.1) is 21.4 Å². The molecule has 0 spiro atoms. The fraction of sp³-hybridized carbons (Fsp3) is 0.588. The van der Waals surface area contributed by atoms with Crippen molar-refractivity contribution in [3.05, 3.63) is 31.7 Å². The number of hydrogen-bond acceptors (Lipinski definition) is 5. The van der Waals surface area contributed by atoms with Gasteiger partial charge in [-0.1, -0.05) is 13.8 Å². The molecule has 0 unspecified atom stereocenters. The van der Waals surface area contributed by atoms with Crippen LogP contribution in [-0.2, 0) is 12.8 Å². The summed E-state index contributed by atoms with van der Waals surface area (Å²) in [5.74, 6) is 1.34. The molecule has 0 saturated heterocycles. The molecule has 0 aliphatic rings. The fourth-order valence-corrected chi connectivity index (χ4v) is 3.97. The van der Waals surface area contributed by atoms with Crippen molar-refractivity contribution in [2.45, 2.75) is 46.5 Å². The van der Waals surface area contributed by atoms with Crippen molar-refractivity contribution in [3.8, 4) is 0 Å². The second-order valence-corrected chi connectivity index (χ2v) is 8.18. The number of aliphatic imine (C=N–C) groups is 1. The highest BCUT2D eigenvalue weighted by molar-refractivity contribution is 14.0. The van der Waals surface area contributed by atoms with Gasteiger partial charge in [-0.25, -0.2) is 9.97 Å². The van der Waals surface area contributed by atoms with Crippen LogP contribution in [0.4, 0.5) is 0 Å². The van der Waals surface area contributed by atoms with Crippen LogP contribution in [0, 0.1) is 13.8 Å².